The number of aliphatic imine (C=N–C) groups is 1. The number of morpholine rings is 1. The van der Waals surface area contributed by atoms with Crippen molar-refractivity contribution in [3.8, 4) is 0 Å². The third kappa shape index (κ3) is 4.27. The van der Waals surface area contributed by atoms with E-state index >= 15 is 0 Å². The number of unbranched alkanes of at least 4 members (excludes halogenated alkanes) is 1. The van der Waals surface area contributed by atoms with Crippen LogP contribution in [0.4, 0.5) is 0 Å². The van der Waals surface area contributed by atoms with E-state index in [-0.39, 0.29) is 23.3 Å². The van der Waals surface area contributed by atoms with E-state index in [1.165, 1.54) is 6.08 Å². The van der Waals surface area contributed by atoms with Gasteiger partial charge in [-0.3, -0.25) is 14.5 Å². The Hall–Kier alpha value is -2.05. The number of nitrogens with zero attached hydrogens (tertiary/aromatic N) is 2. The van der Waals surface area contributed by atoms with Crippen molar-refractivity contribution in [3.05, 3.63) is 36.1 Å². The summed E-state index contributed by atoms with van der Waals surface area (Å²) < 4.78 is 5.32. The number of hydrogen-bond donors (Lipinski definition) is 1. The summed E-state index contributed by atoms with van der Waals surface area (Å²) in [4.78, 5) is 30.9. The molecule has 2 heterocycles. The van der Waals surface area contributed by atoms with Crippen LogP contribution in [-0.4, -0.2) is 61.7 Å². The van der Waals surface area contributed by atoms with Gasteiger partial charge in [-0.2, -0.15) is 0 Å². The number of ketones is 1. The van der Waals surface area contributed by atoms with Gasteiger partial charge in [-0.15, -0.1) is 0 Å². The SMILES string of the molecule is O=C(NCCCCN1CCOCC1)C1=CC(=O)C2C=CC=CC2=N1. The normalized spacial score (nSPS) is 23.5. The Kier molecular flexibility index (Phi) is 5.72. The van der Waals surface area contributed by atoms with Crippen molar-refractivity contribution in [3.63, 3.8) is 0 Å². The van der Waals surface area contributed by atoms with Crippen molar-refractivity contribution in [1.82, 2.24) is 10.2 Å². The largest absolute Gasteiger partial charge is 0.379 e. The molecule has 0 aromatic rings. The fourth-order valence-electron chi connectivity index (χ4n) is 2.97. The Morgan fingerprint density at radius 2 is 2.12 bits per heavy atom. The first-order valence-corrected chi connectivity index (χ1v) is 8.51. The maximum absolute atomic E-state index is 12.2. The molecule has 1 amide bonds. The molecule has 1 fully saturated rings. The molecule has 1 N–H and O–H groups in total. The van der Waals surface area contributed by atoms with Crippen LogP contribution in [0.3, 0.4) is 0 Å². The second-order valence-electron chi connectivity index (χ2n) is 6.11. The molecule has 6 heteroatoms. The molecule has 1 unspecified atom stereocenters. The van der Waals surface area contributed by atoms with Crippen LogP contribution in [0.25, 0.3) is 0 Å². The number of carbonyl (C=O) groups excluding carboxylic acids is 2. The first-order valence-electron chi connectivity index (χ1n) is 8.51. The van der Waals surface area contributed by atoms with Crippen LogP contribution >= 0.6 is 0 Å². The zero-order valence-corrected chi connectivity index (χ0v) is 13.7. The topological polar surface area (TPSA) is 71.0 Å². The summed E-state index contributed by atoms with van der Waals surface area (Å²) in [6.45, 7) is 5.22. The number of amides is 1. The van der Waals surface area contributed by atoms with Crippen molar-refractivity contribution in [1.29, 1.82) is 0 Å². The molecule has 0 aromatic carbocycles. The van der Waals surface area contributed by atoms with E-state index < -0.39 is 0 Å². The van der Waals surface area contributed by atoms with Crippen molar-refractivity contribution < 1.29 is 14.3 Å². The number of nitrogens with one attached hydrogen (secondary N) is 1. The van der Waals surface area contributed by atoms with Gasteiger partial charge in [0.05, 0.1) is 24.8 Å². The van der Waals surface area contributed by atoms with Crippen molar-refractivity contribution >= 4 is 17.4 Å². The lowest BCUT2D eigenvalue weighted by Crippen LogP contribution is -2.37. The van der Waals surface area contributed by atoms with Gasteiger partial charge >= 0.3 is 0 Å². The fourth-order valence-corrected chi connectivity index (χ4v) is 2.97. The molecular weight excluding hydrogens is 306 g/mol. The lowest BCUT2D eigenvalue weighted by molar-refractivity contribution is -0.119. The number of rotatable bonds is 6. The Balaban J connectivity index is 1.40. The molecule has 1 saturated heterocycles. The molecule has 24 heavy (non-hydrogen) atoms. The molecule has 6 nitrogen and oxygen atoms in total. The summed E-state index contributed by atoms with van der Waals surface area (Å²) >= 11 is 0. The molecule has 0 spiro atoms. The van der Waals surface area contributed by atoms with Crippen molar-refractivity contribution in [2.75, 3.05) is 39.4 Å². The van der Waals surface area contributed by atoms with Gasteiger partial charge in [-0.05, 0) is 25.5 Å². The fraction of sp³-hybridized carbons (Fsp3) is 0.500. The number of carbonyl (C=O) groups is 2. The maximum Gasteiger partial charge on any atom is 0.270 e. The molecule has 3 aliphatic rings. The Morgan fingerprint density at radius 1 is 1.29 bits per heavy atom. The highest BCUT2D eigenvalue weighted by molar-refractivity contribution is 6.21. The summed E-state index contributed by atoms with van der Waals surface area (Å²) in [5, 5.41) is 2.85. The van der Waals surface area contributed by atoms with Crippen LogP contribution in [0, 0.1) is 5.92 Å². The molecule has 3 rings (SSSR count). The third-order valence-corrected chi connectivity index (χ3v) is 4.36. The second kappa shape index (κ2) is 8.17. The van der Waals surface area contributed by atoms with Crippen LogP contribution in [0.1, 0.15) is 12.8 Å². The summed E-state index contributed by atoms with van der Waals surface area (Å²) in [5.41, 5.74) is 0.849. The van der Waals surface area contributed by atoms with Gasteiger partial charge in [0, 0.05) is 25.7 Å². The quantitative estimate of drug-likeness (QED) is 0.734. The van der Waals surface area contributed by atoms with E-state index in [1.807, 2.05) is 12.2 Å². The zero-order valence-electron chi connectivity index (χ0n) is 13.7. The predicted octanol–water partition coefficient (Wildman–Crippen LogP) is 0.865. The Bertz CT molecular complexity index is 613. The molecule has 128 valence electrons. The molecule has 0 saturated carbocycles. The van der Waals surface area contributed by atoms with Crippen molar-refractivity contribution in [2.24, 2.45) is 10.9 Å². The smallest absolute Gasteiger partial charge is 0.270 e. The van der Waals surface area contributed by atoms with Gasteiger partial charge in [0.1, 0.15) is 5.70 Å². The van der Waals surface area contributed by atoms with Crippen LogP contribution < -0.4 is 5.32 Å². The van der Waals surface area contributed by atoms with E-state index in [2.05, 4.69) is 15.2 Å². The van der Waals surface area contributed by atoms with Crippen LogP contribution in [0.5, 0.6) is 0 Å². The first-order chi connectivity index (χ1) is 11.7. The van der Waals surface area contributed by atoms with Gasteiger partial charge in [-0.25, -0.2) is 4.99 Å². The highest BCUT2D eigenvalue weighted by atomic mass is 16.5. The summed E-state index contributed by atoms with van der Waals surface area (Å²) in [5.74, 6) is -0.693. The maximum atomic E-state index is 12.2. The molecule has 0 aromatic heterocycles. The summed E-state index contributed by atoms with van der Waals surface area (Å²) in [6.07, 6.45) is 10.5. The van der Waals surface area contributed by atoms with Gasteiger partial charge in [-0.1, -0.05) is 18.2 Å². The highest BCUT2D eigenvalue weighted by Gasteiger charge is 2.26. The van der Waals surface area contributed by atoms with Crippen LogP contribution in [0.2, 0.25) is 0 Å². The van der Waals surface area contributed by atoms with Gasteiger partial charge in [0.2, 0.25) is 0 Å². The number of hydrogen-bond acceptors (Lipinski definition) is 5. The van der Waals surface area contributed by atoms with E-state index in [9.17, 15) is 9.59 Å². The number of allylic oxidation sites excluding steroid dienone is 5. The van der Waals surface area contributed by atoms with Gasteiger partial charge in [0.15, 0.2) is 5.78 Å². The number of ether oxygens (including phenoxy) is 1. The molecular formula is C18H23N3O3. The zero-order chi connectivity index (χ0) is 16.8. The molecule has 1 atom stereocenters. The van der Waals surface area contributed by atoms with Crippen LogP contribution in [0.15, 0.2) is 41.1 Å². The minimum absolute atomic E-state index is 0.0851. The average Bonchev–Trinajstić information content (AvgIpc) is 2.62. The van der Waals surface area contributed by atoms with E-state index in [4.69, 9.17) is 4.74 Å². The average molecular weight is 329 g/mol. The van der Waals surface area contributed by atoms with E-state index in [0.29, 0.717) is 12.3 Å². The van der Waals surface area contributed by atoms with Gasteiger partial charge < -0.3 is 10.1 Å². The van der Waals surface area contributed by atoms with Crippen LogP contribution in [-0.2, 0) is 14.3 Å². The Morgan fingerprint density at radius 3 is 2.96 bits per heavy atom. The molecule has 2 aliphatic heterocycles. The molecule has 0 bridgehead atoms. The lowest BCUT2D eigenvalue weighted by atomic mass is 9.91. The van der Waals surface area contributed by atoms with E-state index in [1.54, 1.807) is 12.2 Å². The molecule has 1 aliphatic carbocycles. The first kappa shape index (κ1) is 16.8. The van der Waals surface area contributed by atoms with E-state index in [0.717, 1.165) is 45.7 Å². The predicted molar refractivity (Wildman–Crippen MR) is 91.8 cm³/mol. The molecule has 0 radical (unpaired) electrons. The number of fused-ring (bicyclic) bond motifs is 1. The third-order valence-electron chi connectivity index (χ3n) is 4.36. The second-order valence-corrected chi connectivity index (χ2v) is 6.11. The lowest BCUT2D eigenvalue weighted by Gasteiger charge is -2.26. The highest BCUT2D eigenvalue weighted by Crippen LogP contribution is 2.19. The Labute approximate surface area is 141 Å². The standard InChI is InChI=1S/C18H23N3O3/c22-17-13-16(20-15-6-2-1-5-14(15)17)18(23)19-7-3-4-8-21-9-11-24-12-10-21/h1-2,5-6,13-14H,3-4,7-12H2,(H,19,23). The monoisotopic (exact) mass is 329 g/mol. The minimum Gasteiger partial charge on any atom is -0.379 e. The van der Waals surface area contributed by atoms with Gasteiger partial charge in [0.25, 0.3) is 5.91 Å². The summed E-state index contributed by atoms with van der Waals surface area (Å²) in [6, 6.07) is 0. The summed E-state index contributed by atoms with van der Waals surface area (Å²) in [7, 11) is 0. The van der Waals surface area contributed by atoms with Crippen molar-refractivity contribution in [2.45, 2.75) is 12.8 Å². The minimum atomic E-state index is -0.333.